The largest absolute Gasteiger partial charge is 0.390 e. The van der Waals surface area contributed by atoms with Gasteiger partial charge in [0, 0.05) is 41.8 Å². The van der Waals surface area contributed by atoms with E-state index in [-0.39, 0.29) is 0 Å². The lowest BCUT2D eigenvalue weighted by atomic mass is 9.98. The number of hydrogen-bond donors (Lipinski definition) is 1. The van der Waals surface area contributed by atoms with Gasteiger partial charge in [0.1, 0.15) is 5.82 Å². The lowest BCUT2D eigenvalue weighted by molar-refractivity contribution is 0.0714. The highest BCUT2D eigenvalue weighted by molar-refractivity contribution is 7.17. The van der Waals surface area contributed by atoms with Crippen LogP contribution in [0.3, 0.4) is 0 Å². The predicted octanol–water partition coefficient (Wildman–Crippen LogP) is 4.81. The van der Waals surface area contributed by atoms with Crippen molar-refractivity contribution in [1.82, 2.24) is 9.88 Å². The van der Waals surface area contributed by atoms with Crippen molar-refractivity contribution in [2.75, 3.05) is 37.6 Å². The Bertz CT molecular complexity index is 950. The molecule has 0 aliphatic carbocycles. The third kappa shape index (κ3) is 4.80. The molecule has 29 heavy (non-hydrogen) atoms. The Morgan fingerprint density at radius 3 is 2.45 bits per heavy atom. The molecular weight excluding hydrogens is 378 g/mol. The van der Waals surface area contributed by atoms with Gasteiger partial charge in [-0.1, -0.05) is 31.2 Å². The average molecular weight is 410 g/mol. The SMILES string of the molecule is CCN1CCN(c2nc(-c3ccc(CCC(C)(C)O)cc3)cc3sccc23)CC1. The van der Waals surface area contributed by atoms with Gasteiger partial charge in [-0.3, -0.25) is 0 Å². The van der Waals surface area contributed by atoms with Crippen LogP contribution in [0.2, 0.25) is 0 Å². The molecule has 0 saturated carbocycles. The van der Waals surface area contributed by atoms with Crippen LogP contribution in [0.4, 0.5) is 5.82 Å². The molecule has 2 aromatic heterocycles. The van der Waals surface area contributed by atoms with Crippen molar-refractivity contribution in [2.24, 2.45) is 0 Å². The number of likely N-dealkylation sites (N-methyl/N-ethyl adjacent to an activating group) is 1. The van der Waals surface area contributed by atoms with Crippen molar-refractivity contribution in [1.29, 1.82) is 0 Å². The maximum Gasteiger partial charge on any atom is 0.138 e. The van der Waals surface area contributed by atoms with Crippen LogP contribution in [0.5, 0.6) is 0 Å². The Kier molecular flexibility index (Phi) is 5.91. The molecule has 154 valence electrons. The molecule has 0 unspecified atom stereocenters. The zero-order valence-electron chi connectivity index (χ0n) is 17.7. The first-order valence-corrected chi connectivity index (χ1v) is 11.5. The quantitative estimate of drug-likeness (QED) is 0.634. The van der Waals surface area contributed by atoms with Crippen LogP contribution < -0.4 is 4.90 Å². The fourth-order valence-electron chi connectivity index (χ4n) is 3.91. The standard InChI is InChI=1S/C24H31N3OS/c1-4-26-12-14-27(15-13-26)23-20-10-16-29-22(20)17-21(25-23)19-7-5-18(6-8-19)9-11-24(2,3)28/h5-8,10,16-17,28H,4,9,11-15H2,1-3H3. The van der Waals surface area contributed by atoms with E-state index >= 15 is 0 Å². The summed E-state index contributed by atoms with van der Waals surface area (Å²) < 4.78 is 1.30. The van der Waals surface area contributed by atoms with Crippen molar-refractivity contribution in [3.63, 3.8) is 0 Å². The summed E-state index contributed by atoms with van der Waals surface area (Å²) in [5.74, 6) is 1.13. The monoisotopic (exact) mass is 409 g/mol. The number of pyridine rings is 1. The second-order valence-electron chi connectivity index (χ2n) is 8.59. The molecule has 4 nitrogen and oxygen atoms in total. The van der Waals surface area contributed by atoms with E-state index < -0.39 is 5.60 Å². The van der Waals surface area contributed by atoms with Gasteiger partial charge in [-0.25, -0.2) is 4.98 Å². The third-order valence-corrected chi connectivity index (χ3v) is 6.69. The predicted molar refractivity (Wildman–Crippen MR) is 124 cm³/mol. The van der Waals surface area contributed by atoms with Crippen LogP contribution >= 0.6 is 11.3 Å². The van der Waals surface area contributed by atoms with E-state index in [1.807, 2.05) is 13.8 Å². The summed E-state index contributed by atoms with van der Waals surface area (Å²) in [6, 6.07) is 13.1. The Morgan fingerprint density at radius 1 is 1.07 bits per heavy atom. The number of fused-ring (bicyclic) bond motifs is 1. The maximum absolute atomic E-state index is 9.96. The van der Waals surface area contributed by atoms with Gasteiger partial charge in [0.05, 0.1) is 11.3 Å². The van der Waals surface area contributed by atoms with E-state index in [0.717, 1.165) is 62.6 Å². The molecule has 1 aliphatic rings. The Hall–Kier alpha value is -1.95. The topological polar surface area (TPSA) is 39.6 Å². The molecule has 1 N–H and O–H groups in total. The second kappa shape index (κ2) is 8.42. The molecule has 0 amide bonds. The van der Waals surface area contributed by atoms with Gasteiger partial charge in [0.2, 0.25) is 0 Å². The van der Waals surface area contributed by atoms with Crippen LogP contribution in [0, 0.1) is 0 Å². The number of nitrogens with zero attached hydrogens (tertiary/aromatic N) is 3. The number of rotatable bonds is 6. The average Bonchev–Trinajstić information content (AvgIpc) is 3.20. The number of aromatic nitrogens is 1. The van der Waals surface area contributed by atoms with Gasteiger partial charge < -0.3 is 14.9 Å². The first-order chi connectivity index (χ1) is 13.9. The van der Waals surface area contributed by atoms with Gasteiger partial charge >= 0.3 is 0 Å². The molecule has 3 heterocycles. The molecule has 1 saturated heterocycles. The fourth-order valence-corrected chi connectivity index (χ4v) is 4.72. The van der Waals surface area contributed by atoms with Crippen molar-refractivity contribution >= 4 is 27.2 Å². The fraction of sp³-hybridized carbons (Fsp3) is 0.458. The van der Waals surface area contributed by atoms with Crippen LogP contribution in [0.15, 0.2) is 41.8 Å². The van der Waals surface area contributed by atoms with Crippen molar-refractivity contribution in [2.45, 2.75) is 39.2 Å². The van der Waals surface area contributed by atoms with E-state index in [4.69, 9.17) is 4.98 Å². The molecule has 1 fully saturated rings. The first kappa shape index (κ1) is 20.3. The molecule has 1 aliphatic heterocycles. The number of aliphatic hydroxyl groups is 1. The molecule has 0 spiro atoms. The van der Waals surface area contributed by atoms with Crippen molar-refractivity contribution in [3.8, 4) is 11.3 Å². The van der Waals surface area contributed by atoms with Crippen LogP contribution in [-0.2, 0) is 6.42 Å². The molecule has 0 radical (unpaired) electrons. The minimum atomic E-state index is -0.624. The molecule has 1 aromatic carbocycles. The van der Waals surface area contributed by atoms with Gasteiger partial charge in [-0.05, 0) is 56.3 Å². The summed E-state index contributed by atoms with van der Waals surface area (Å²) in [4.78, 5) is 10.1. The number of piperazine rings is 1. The molecule has 0 atom stereocenters. The van der Waals surface area contributed by atoms with E-state index in [2.05, 4.69) is 58.5 Å². The van der Waals surface area contributed by atoms with Crippen molar-refractivity contribution < 1.29 is 5.11 Å². The molecule has 4 rings (SSSR count). The molecular formula is C24H31N3OS. The highest BCUT2D eigenvalue weighted by Crippen LogP contribution is 2.34. The summed E-state index contributed by atoms with van der Waals surface area (Å²) in [6.45, 7) is 11.3. The normalized spacial score (nSPS) is 15.9. The van der Waals surface area contributed by atoms with E-state index in [1.165, 1.54) is 15.6 Å². The Balaban J connectivity index is 1.60. The summed E-state index contributed by atoms with van der Waals surface area (Å²) in [7, 11) is 0. The van der Waals surface area contributed by atoms with Gasteiger partial charge in [0.15, 0.2) is 0 Å². The first-order valence-electron chi connectivity index (χ1n) is 10.6. The molecule has 3 aromatic rings. The zero-order valence-corrected chi connectivity index (χ0v) is 18.5. The summed E-state index contributed by atoms with van der Waals surface area (Å²) in [5, 5.41) is 13.4. The summed E-state index contributed by atoms with van der Waals surface area (Å²) in [5.41, 5.74) is 2.83. The lowest BCUT2D eigenvalue weighted by Gasteiger charge is -2.35. The zero-order chi connectivity index (χ0) is 20.4. The number of anilines is 1. The van der Waals surface area contributed by atoms with Gasteiger partial charge in [-0.15, -0.1) is 11.3 Å². The molecule has 0 bridgehead atoms. The number of thiophene rings is 1. The van der Waals surface area contributed by atoms with E-state index in [9.17, 15) is 5.11 Å². The summed E-state index contributed by atoms with van der Waals surface area (Å²) >= 11 is 1.79. The van der Waals surface area contributed by atoms with Gasteiger partial charge in [0.25, 0.3) is 0 Å². The number of benzene rings is 1. The Morgan fingerprint density at radius 2 is 1.79 bits per heavy atom. The van der Waals surface area contributed by atoms with Gasteiger partial charge in [-0.2, -0.15) is 0 Å². The smallest absolute Gasteiger partial charge is 0.138 e. The van der Waals surface area contributed by atoms with E-state index in [1.54, 1.807) is 11.3 Å². The maximum atomic E-state index is 9.96. The van der Waals surface area contributed by atoms with Crippen molar-refractivity contribution in [3.05, 3.63) is 47.3 Å². The summed E-state index contributed by atoms with van der Waals surface area (Å²) in [6.07, 6.45) is 1.65. The van der Waals surface area contributed by atoms with Crippen LogP contribution in [-0.4, -0.2) is 53.3 Å². The molecule has 5 heteroatoms. The van der Waals surface area contributed by atoms with Crippen LogP contribution in [0.25, 0.3) is 21.3 Å². The Labute approximate surface area is 177 Å². The highest BCUT2D eigenvalue weighted by Gasteiger charge is 2.20. The second-order valence-corrected chi connectivity index (χ2v) is 9.54. The minimum absolute atomic E-state index is 0.624. The lowest BCUT2D eigenvalue weighted by Crippen LogP contribution is -2.46. The van der Waals surface area contributed by atoms with E-state index in [0.29, 0.717) is 0 Å². The number of hydrogen-bond acceptors (Lipinski definition) is 5. The van der Waals surface area contributed by atoms with Crippen LogP contribution in [0.1, 0.15) is 32.8 Å². The highest BCUT2D eigenvalue weighted by atomic mass is 32.1. The third-order valence-electron chi connectivity index (χ3n) is 5.82. The number of aryl methyl sites for hydroxylation is 1. The minimum Gasteiger partial charge on any atom is -0.390 e.